The fourth-order valence-electron chi connectivity index (χ4n) is 3.37. The van der Waals surface area contributed by atoms with Crippen molar-refractivity contribution in [3.8, 4) is 0 Å². The second kappa shape index (κ2) is 7.78. The number of para-hydroxylation sites is 1. The van der Waals surface area contributed by atoms with Crippen LogP contribution >= 0.6 is 0 Å². The van der Waals surface area contributed by atoms with Crippen molar-refractivity contribution in [2.24, 2.45) is 0 Å². The Balaban J connectivity index is 1.57. The number of carboxylic acids is 1. The zero-order valence-corrected chi connectivity index (χ0v) is 16.0. The maximum absolute atomic E-state index is 12.7. The van der Waals surface area contributed by atoms with Crippen LogP contribution in [0.3, 0.4) is 0 Å². The predicted octanol–water partition coefficient (Wildman–Crippen LogP) is 0.311. The Hall–Kier alpha value is -4.01. The molecule has 0 aliphatic rings. The van der Waals surface area contributed by atoms with E-state index < -0.39 is 29.5 Å². The van der Waals surface area contributed by atoms with E-state index >= 15 is 0 Å². The normalized spacial score (nSPS) is 13.2. The standard InChI is InChI=1S/C21H19N5O4/c1-12(26-20(28)15-7-3-5-9-17(15)24-25-26)19(27)23-18(21(29)30)10-13-11-22-16-8-4-2-6-14(13)16/h2-9,11-12,18,22H,10H2,1H3,(H,23,27)(H,29,30)/p-1/t12-,18-/m0/s1. The molecule has 0 fully saturated rings. The summed E-state index contributed by atoms with van der Waals surface area (Å²) in [6.07, 6.45) is 1.73. The predicted molar refractivity (Wildman–Crippen MR) is 107 cm³/mol. The SMILES string of the molecule is C[C@@H](C(=O)N[C@@H](Cc1c[nH]c2ccccc12)C(=O)[O-])n1nnc2ccccc2c1=O. The third-order valence-corrected chi connectivity index (χ3v) is 5.04. The zero-order chi connectivity index (χ0) is 21.3. The zero-order valence-electron chi connectivity index (χ0n) is 16.0. The van der Waals surface area contributed by atoms with Crippen LogP contribution in [0.5, 0.6) is 0 Å². The minimum atomic E-state index is -1.42. The van der Waals surface area contributed by atoms with Crippen LogP contribution in [0.4, 0.5) is 0 Å². The van der Waals surface area contributed by atoms with Gasteiger partial charge >= 0.3 is 0 Å². The molecule has 0 saturated carbocycles. The van der Waals surface area contributed by atoms with Crippen molar-refractivity contribution in [3.63, 3.8) is 0 Å². The molecule has 0 saturated heterocycles. The number of aliphatic carboxylic acids is 1. The molecule has 2 heterocycles. The van der Waals surface area contributed by atoms with E-state index in [9.17, 15) is 19.5 Å². The van der Waals surface area contributed by atoms with Crippen molar-refractivity contribution < 1.29 is 14.7 Å². The molecule has 0 bridgehead atoms. The average molecular weight is 404 g/mol. The lowest BCUT2D eigenvalue weighted by Crippen LogP contribution is -2.51. The number of hydrogen-bond acceptors (Lipinski definition) is 6. The molecule has 4 aromatic rings. The number of carbonyl (C=O) groups excluding carboxylic acids is 2. The number of fused-ring (bicyclic) bond motifs is 2. The molecule has 2 N–H and O–H groups in total. The Morgan fingerprint density at radius 2 is 1.83 bits per heavy atom. The van der Waals surface area contributed by atoms with Crippen LogP contribution in [0.15, 0.2) is 59.5 Å². The molecule has 0 spiro atoms. The molecule has 0 aliphatic heterocycles. The summed E-state index contributed by atoms with van der Waals surface area (Å²) in [4.78, 5) is 40.1. The number of H-pyrrole nitrogens is 1. The summed E-state index contributed by atoms with van der Waals surface area (Å²) in [5.41, 5.74) is 1.53. The number of nitrogens with zero attached hydrogens (tertiary/aromatic N) is 3. The number of carboxylic acid groups (broad SMARTS) is 1. The first kappa shape index (κ1) is 19.3. The van der Waals surface area contributed by atoms with Gasteiger partial charge in [-0.25, -0.2) is 0 Å². The van der Waals surface area contributed by atoms with Gasteiger partial charge in [0, 0.05) is 23.5 Å². The molecule has 2 aromatic heterocycles. The maximum atomic E-state index is 12.7. The van der Waals surface area contributed by atoms with E-state index in [0.717, 1.165) is 21.1 Å². The van der Waals surface area contributed by atoms with Gasteiger partial charge in [-0.15, -0.1) is 5.10 Å². The first-order chi connectivity index (χ1) is 14.5. The second-order valence-corrected chi connectivity index (χ2v) is 6.98. The van der Waals surface area contributed by atoms with Gasteiger partial charge in [0.1, 0.15) is 11.6 Å². The van der Waals surface area contributed by atoms with E-state index in [2.05, 4.69) is 20.6 Å². The summed E-state index contributed by atoms with van der Waals surface area (Å²) in [5.74, 6) is -2.09. The summed E-state index contributed by atoms with van der Waals surface area (Å²) in [6, 6.07) is 11.8. The highest BCUT2D eigenvalue weighted by Gasteiger charge is 2.23. The van der Waals surface area contributed by atoms with E-state index in [1.54, 1.807) is 30.5 Å². The highest BCUT2D eigenvalue weighted by molar-refractivity contribution is 5.87. The van der Waals surface area contributed by atoms with E-state index in [0.29, 0.717) is 10.9 Å². The van der Waals surface area contributed by atoms with E-state index in [1.807, 2.05) is 24.3 Å². The van der Waals surface area contributed by atoms with Crippen molar-refractivity contribution in [2.75, 3.05) is 0 Å². The Morgan fingerprint density at radius 1 is 1.13 bits per heavy atom. The van der Waals surface area contributed by atoms with Crippen molar-refractivity contribution >= 4 is 33.7 Å². The fourth-order valence-corrected chi connectivity index (χ4v) is 3.37. The van der Waals surface area contributed by atoms with Crippen molar-refractivity contribution in [3.05, 3.63) is 70.6 Å². The number of amides is 1. The van der Waals surface area contributed by atoms with Crippen LogP contribution in [-0.4, -0.2) is 37.9 Å². The molecule has 2 atom stereocenters. The summed E-state index contributed by atoms with van der Waals surface area (Å²) in [7, 11) is 0. The molecule has 0 unspecified atom stereocenters. The number of nitrogens with one attached hydrogen (secondary N) is 2. The Labute approximate surface area is 170 Å². The van der Waals surface area contributed by atoms with Crippen LogP contribution in [-0.2, 0) is 16.0 Å². The van der Waals surface area contributed by atoms with E-state index in [4.69, 9.17) is 0 Å². The minimum Gasteiger partial charge on any atom is -0.548 e. The van der Waals surface area contributed by atoms with Gasteiger partial charge in [-0.3, -0.25) is 9.59 Å². The van der Waals surface area contributed by atoms with Gasteiger partial charge in [0.15, 0.2) is 0 Å². The first-order valence-corrected chi connectivity index (χ1v) is 9.36. The van der Waals surface area contributed by atoms with Crippen LogP contribution < -0.4 is 16.0 Å². The molecule has 2 aromatic carbocycles. The number of hydrogen-bond donors (Lipinski definition) is 2. The molecule has 152 valence electrons. The summed E-state index contributed by atoms with van der Waals surface area (Å²) >= 11 is 0. The third-order valence-electron chi connectivity index (χ3n) is 5.04. The first-order valence-electron chi connectivity index (χ1n) is 9.36. The molecular formula is C21H18N5O4-. The number of carbonyl (C=O) groups is 2. The topological polar surface area (TPSA) is 133 Å². The van der Waals surface area contributed by atoms with Crippen LogP contribution in [0.1, 0.15) is 18.5 Å². The Morgan fingerprint density at radius 3 is 2.60 bits per heavy atom. The van der Waals surface area contributed by atoms with E-state index in [1.165, 1.54) is 6.92 Å². The number of aromatic amines is 1. The largest absolute Gasteiger partial charge is 0.548 e. The van der Waals surface area contributed by atoms with Gasteiger partial charge in [0.25, 0.3) is 5.56 Å². The molecule has 1 amide bonds. The van der Waals surface area contributed by atoms with Crippen molar-refractivity contribution in [1.82, 2.24) is 25.3 Å². The molecule has 9 nitrogen and oxygen atoms in total. The monoisotopic (exact) mass is 404 g/mol. The molecule has 30 heavy (non-hydrogen) atoms. The van der Waals surface area contributed by atoms with Crippen LogP contribution in [0.25, 0.3) is 21.8 Å². The fraction of sp³-hybridized carbons (Fsp3) is 0.190. The maximum Gasteiger partial charge on any atom is 0.278 e. The Kier molecular flexibility index (Phi) is 5.01. The number of benzene rings is 2. The molecule has 0 aliphatic carbocycles. The molecule has 4 rings (SSSR count). The lowest BCUT2D eigenvalue weighted by Gasteiger charge is -2.22. The van der Waals surface area contributed by atoms with Gasteiger partial charge in [-0.1, -0.05) is 35.5 Å². The molecule has 0 radical (unpaired) electrons. The highest BCUT2D eigenvalue weighted by atomic mass is 16.4. The lowest BCUT2D eigenvalue weighted by atomic mass is 10.0. The lowest BCUT2D eigenvalue weighted by molar-refractivity contribution is -0.308. The third kappa shape index (κ3) is 3.52. The van der Waals surface area contributed by atoms with E-state index in [-0.39, 0.29) is 6.42 Å². The Bertz CT molecular complexity index is 1310. The second-order valence-electron chi connectivity index (χ2n) is 6.98. The number of aromatic nitrogens is 4. The summed E-state index contributed by atoms with van der Waals surface area (Å²) in [6.45, 7) is 1.46. The van der Waals surface area contributed by atoms with Crippen molar-refractivity contribution in [2.45, 2.75) is 25.4 Å². The summed E-state index contributed by atoms with van der Waals surface area (Å²) in [5, 5.41) is 23.1. The number of rotatable bonds is 6. The molecular weight excluding hydrogens is 386 g/mol. The summed E-state index contributed by atoms with van der Waals surface area (Å²) < 4.78 is 0.940. The van der Waals surface area contributed by atoms with Gasteiger partial charge in [-0.05, 0) is 30.7 Å². The van der Waals surface area contributed by atoms with Gasteiger partial charge in [0.05, 0.1) is 17.4 Å². The minimum absolute atomic E-state index is 0.0309. The van der Waals surface area contributed by atoms with Gasteiger partial charge in [-0.2, -0.15) is 4.68 Å². The van der Waals surface area contributed by atoms with Gasteiger partial charge in [0.2, 0.25) is 5.91 Å². The molecule has 9 heteroatoms. The van der Waals surface area contributed by atoms with Crippen LogP contribution in [0, 0.1) is 0 Å². The highest BCUT2D eigenvalue weighted by Crippen LogP contribution is 2.19. The average Bonchev–Trinajstić information content (AvgIpc) is 3.16. The van der Waals surface area contributed by atoms with Crippen molar-refractivity contribution in [1.29, 1.82) is 0 Å². The quantitative estimate of drug-likeness (QED) is 0.475. The smallest absolute Gasteiger partial charge is 0.278 e. The van der Waals surface area contributed by atoms with Gasteiger partial charge < -0.3 is 20.2 Å². The van der Waals surface area contributed by atoms with Crippen LogP contribution in [0.2, 0.25) is 0 Å².